The van der Waals surface area contributed by atoms with Crippen molar-refractivity contribution in [3.63, 3.8) is 0 Å². The normalized spacial score (nSPS) is 16.2. The van der Waals surface area contributed by atoms with Crippen molar-refractivity contribution in [1.82, 2.24) is 10.2 Å². The molecule has 1 aromatic heterocycles. The minimum atomic E-state index is -0.781. The zero-order valence-electron chi connectivity index (χ0n) is 25.2. The summed E-state index contributed by atoms with van der Waals surface area (Å²) in [5.74, 6) is 1.19. The predicted molar refractivity (Wildman–Crippen MR) is 171 cm³/mol. The van der Waals surface area contributed by atoms with Crippen molar-refractivity contribution in [2.24, 2.45) is 5.73 Å². The summed E-state index contributed by atoms with van der Waals surface area (Å²) in [7, 11) is 4.54. The molecule has 0 saturated carbocycles. The van der Waals surface area contributed by atoms with Gasteiger partial charge in [0.2, 0.25) is 11.0 Å². The molecule has 1 aliphatic carbocycles. The zero-order chi connectivity index (χ0) is 32.1. The number of thioether (sulfide) groups is 1. The molecule has 0 radical (unpaired) electrons. The van der Waals surface area contributed by atoms with E-state index in [1.54, 1.807) is 41.3 Å². The van der Waals surface area contributed by atoms with Crippen LogP contribution < -0.4 is 34.9 Å². The highest BCUT2D eigenvalue weighted by molar-refractivity contribution is 8.01. The lowest BCUT2D eigenvalue weighted by Gasteiger charge is -2.38. The summed E-state index contributed by atoms with van der Waals surface area (Å²) in [6.07, 6.45) is 1.49. The lowest BCUT2D eigenvalue weighted by atomic mass is 9.75. The third-order valence-electron chi connectivity index (χ3n) is 7.32. The minimum absolute atomic E-state index is 0.0894. The van der Waals surface area contributed by atoms with Gasteiger partial charge in [0.25, 0.3) is 0 Å². The van der Waals surface area contributed by atoms with Gasteiger partial charge >= 0.3 is 0 Å². The molecule has 2 heterocycles. The summed E-state index contributed by atoms with van der Waals surface area (Å²) in [6.45, 7) is 2.47. The lowest BCUT2D eigenvalue weighted by Crippen LogP contribution is -2.38. The number of aromatic nitrogens is 2. The number of methoxy groups -OCH3 is 3. The van der Waals surface area contributed by atoms with Crippen molar-refractivity contribution < 1.29 is 28.5 Å². The molecule has 234 valence electrons. The molecule has 1 amide bonds. The van der Waals surface area contributed by atoms with Crippen molar-refractivity contribution in [1.29, 1.82) is 5.26 Å². The number of ether oxygens (including phenoxy) is 4. The number of carbonyl (C=O) groups is 2. The Bertz CT molecular complexity index is 1710. The molecule has 0 saturated heterocycles. The Morgan fingerprint density at radius 1 is 1.11 bits per heavy atom. The molecule has 1 unspecified atom stereocenters. The van der Waals surface area contributed by atoms with Crippen LogP contribution in [0.3, 0.4) is 0 Å². The van der Waals surface area contributed by atoms with Crippen molar-refractivity contribution in [3.05, 3.63) is 64.6 Å². The highest BCUT2D eigenvalue weighted by atomic mass is 32.2. The van der Waals surface area contributed by atoms with Gasteiger partial charge in [-0.1, -0.05) is 23.1 Å². The molecule has 14 heteroatoms. The number of hydrogen-bond donors (Lipinski definition) is 2. The van der Waals surface area contributed by atoms with Crippen LogP contribution in [0.25, 0.3) is 0 Å². The first-order valence-corrected chi connectivity index (χ1v) is 15.9. The van der Waals surface area contributed by atoms with Gasteiger partial charge in [0.05, 0.1) is 51.2 Å². The predicted octanol–water partition coefficient (Wildman–Crippen LogP) is 5.00. The van der Waals surface area contributed by atoms with E-state index in [-0.39, 0.29) is 28.8 Å². The maximum Gasteiger partial charge on any atom is 0.234 e. The number of nitrogens with zero attached hydrogens (tertiary/aromatic N) is 4. The van der Waals surface area contributed by atoms with Gasteiger partial charge in [-0.15, -0.1) is 10.2 Å². The first-order valence-electron chi connectivity index (χ1n) is 14.1. The van der Waals surface area contributed by atoms with Crippen LogP contribution in [-0.4, -0.2) is 55.6 Å². The van der Waals surface area contributed by atoms with Crippen molar-refractivity contribution in [2.75, 3.05) is 43.9 Å². The third kappa shape index (κ3) is 6.40. The molecule has 3 N–H and O–H groups in total. The van der Waals surface area contributed by atoms with Gasteiger partial charge in [0.15, 0.2) is 21.6 Å². The van der Waals surface area contributed by atoms with Gasteiger partial charge in [-0.25, -0.2) is 0 Å². The topological polar surface area (TPSA) is 162 Å². The highest BCUT2D eigenvalue weighted by Gasteiger charge is 2.42. The van der Waals surface area contributed by atoms with Gasteiger partial charge in [0, 0.05) is 35.0 Å². The van der Waals surface area contributed by atoms with Crippen molar-refractivity contribution in [3.8, 4) is 29.1 Å². The second-order valence-corrected chi connectivity index (χ2v) is 12.1. The monoisotopic (exact) mass is 648 g/mol. The second-order valence-electron chi connectivity index (χ2n) is 9.91. The molecular weight excluding hydrogens is 617 g/mol. The average Bonchev–Trinajstić information content (AvgIpc) is 3.52. The van der Waals surface area contributed by atoms with E-state index < -0.39 is 5.92 Å². The van der Waals surface area contributed by atoms with Gasteiger partial charge in [0.1, 0.15) is 17.3 Å². The first kappa shape index (κ1) is 31.7. The molecule has 1 atom stereocenters. The number of ketones is 1. The van der Waals surface area contributed by atoms with Crippen molar-refractivity contribution >= 4 is 45.6 Å². The van der Waals surface area contributed by atoms with Crippen LogP contribution in [0, 0.1) is 11.3 Å². The number of allylic oxidation sites excluding steroid dienone is 3. The van der Waals surface area contributed by atoms with Crippen LogP contribution in [-0.2, 0) is 9.59 Å². The second kappa shape index (κ2) is 13.9. The van der Waals surface area contributed by atoms with Crippen LogP contribution in [0.4, 0.5) is 10.8 Å². The molecule has 45 heavy (non-hydrogen) atoms. The fourth-order valence-electron chi connectivity index (χ4n) is 5.37. The van der Waals surface area contributed by atoms with Crippen LogP contribution in [0.2, 0.25) is 0 Å². The smallest absolute Gasteiger partial charge is 0.234 e. The largest absolute Gasteiger partial charge is 0.496 e. The molecular formula is C31H32N6O6S2. The Balaban J connectivity index is 1.43. The van der Waals surface area contributed by atoms with Crippen LogP contribution in [0.1, 0.15) is 37.7 Å². The van der Waals surface area contributed by atoms with Gasteiger partial charge in [-0.3, -0.25) is 14.5 Å². The van der Waals surface area contributed by atoms with E-state index >= 15 is 0 Å². The van der Waals surface area contributed by atoms with Gasteiger partial charge in [-0.05, 0) is 50.1 Å². The summed E-state index contributed by atoms with van der Waals surface area (Å²) in [5, 5.41) is 22.3. The highest BCUT2D eigenvalue weighted by Crippen LogP contribution is 2.50. The molecule has 5 rings (SSSR count). The Kier molecular flexibility index (Phi) is 9.80. The third-order valence-corrected chi connectivity index (χ3v) is 9.36. The Hall–Kier alpha value is -4.74. The number of carbonyl (C=O) groups excluding carboxylic acids is 2. The molecule has 0 spiro atoms. The summed E-state index contributed by atoms with van der Waals surface area (Å²) in [4.78, 5) is 27.8. The number of nitrogens with one attached hydrogen (secondary N) is 1. The fraction of sp³-hybridized carbons (Fsp3) is 0.323. The number of hydrogen-bond acceptors (Lipinski definition) is 13. The average molecular weight is 649 g/mol. The van der Waals surface area contributed by atoms with E-state index in [1.165, 1.54) is 44.4 Å². The summed E-state index contributed by atoms with van der Waals surface area (Å²) >= 11 is 2.45. The Morgan fingerprint density at radius 2 is 1.82 bits per heavy atom. The van der Waals surface area contributed by atoms with Crippen LogP contribution in [0.15, 0.2) is 63.4 Å². The fourth-order valence-corrected chi connectivity index (χ4v) is 7.05. The standard InChI is InChI=1S/C31H32N6O6S2/c1-5-43-18-11-9-17(10-12-18)34-26(39)16-44-31-36-35-30(45-31)37-21-7-6-8-22(38)28(21)27(20(15-32)29(37)33)19-13-24(41-3)25(42-4)14-23(19)40-2/h9-14,27H,5-8,16,33H2,1-4H3,(H,34,39). The maximum absolute atomic E-state index is 13.6. The number of anilines is 2. The van der Waals surface area contributed by atoms with E-state index in [0.29, 0.717) is 75.1 Å². The molecule has 2 aromatic carbocycles. The van der Waals surface area contributed by atoms with Crippen molar-refractivity contribution in [2.45, 2.75) is 36.4 Å². The SMILES string of the molecule is CCOc1ccc(NC(=O)CSc2nnc(N3C(N)=C(C#N)C(c4cc(OC)c(OC)cc4OC)C4=C3CCCC4=O)s2)cc1. The first-order chi connectivity index (χ1) is 21.8. The number of rotatable bonds is 11. The molecule has 1 aliphatic heterocycles. The number of amides is 1. The van der Waals surface area contributed by atoms with E-state index in [1.807, 2.05) is 6.92 Å². The molecule has 2 aliphatic rings. The van der Waals surface area contributed by atoms with E-state index in [2.05, 4.69) is 21.6 Å². The van der Waals surface area contributed by atoms with E-state index in [4.69, 9.17) is 24.7 Å². The quantitative estimate of drug-likeness (QED) is 0.268. The number of nitriles is 1. The summed E-state index contributed by atoms with van der Waals surface area (Å²) < 4.78 is 22.6. The van der Waals surface area contributed by atoms with Crippen LogP contribution >= 0.6 is 23.1 Å². The molecule has 0 bridgehead atoms. The summed E-state index contributed by atoms with van der Waals surface area (Å²) in [6, 6.07) is 12.8. The van der Waals surface area contributed by atoms with E-state index in [9.17, 15) is 14.9 Å². The molecule has 12 nitrogen and oxygen atoms in total. The number of Topliss-reactive ketones (excluding diaryl/α,β-unsaturated/α-hetero) is 1. The molecule has 3 aromatic rings. The van der Waals surface area contributed by atoms with Gasteiger partial charge in [-0.2, -0.15) is 5.26 Å². The minimum Gasteiger partial charge on any atom is -0.496 e. The van der Waals surface area contributed by atoms with E-state index in [0.717, 1.165) is 5.75 Å². The van der Waals surface area contributed by atoms with Crippen LogP contribution in [0.5, 0.6) is 23.0 Å². The maximum atomic E-state index is 13.6. The number of benzene rings is 2. The lowest BCUT2D eigenvalue weighted by molar-refractivity contribution is -0.116. The Morgan fingerprint density at radius 3 is 2.49 bits per heavy atom. The number of nitrogens with two attached hydrogens (primary N) is 1. The zero-order valence-corrected chi connectivity index (χ0v) is 26.8. The molecule has 0 fully saturated rings. The summed E-state index contributed by atoms with van der Waals surface area (Å²) in [5.41, 5.74) is 9.21. The van der Waals surface area contributed by atoms with Gasteiger partial charge < -0.3 is 30.0 Å². The Labute approximate surface area is 268 Å².